The summed E-state index contributed by atoms with van der Waals surface area (Å²) in [5.74, 6) is -0.257. The van der Waals surface area contributed by atoms with Crippen LogP contribution in [0.4, 0.5) is 0 Å². The molecular weight excluding hydrogens is 244 g/mol. The number of nitriles is 1. The summed E-state index contributed by atoms with van der Waals surface area (Å²) in [5.41, 5.74) is 1.69. The van der Waals surface area contributed by atoms with Gasteiger partial charge in [-0.2, -0.15) is 5.26 Å². The van der Waals surface area contributed by atoms with E-state index < -0.39 is 6.10 Å². The molecule has 1 aromatic rings. The fourth-order valence-electron chi connectivity index (χ4n) is 2.36. The Hall–Kier alpha value is -1.90. The van der Waals surface area contributed by atoms with Gasteiger partial charge in [-0.1, -0.05) is 6.07 Å². The molecule has 1 fully saturated rings. The minimum atomic E-state index is -0.595. The van der Waals surface area contributed by atoms with E-state index in [1.54, 1.807) is 18.2 Å². The van der Waals surface area contributed by atoms with Crippen molar-refractivity contribution < 1.29 is 15.0 Å². The summed E-state index contributed by atoms with van der Waals surface area (Å²) >= 11 is 0. The van der Waals surface area contributed by atoms with E-state index in [1.807, 2.05) is 13.0 Å². The number of carbonyl (C=O) groups excluding carboxylic acids is 1. The number of rotatable bonds is 2. The fraction of sp³-hybridized carbons (Fsp3) is 0.429. The van der Waals surface area contributed by atoms with Gasteiger partial charge in [0, 0.05) is 12.1 Å². The summed E-state index contributed by atoms with van der Waals surface area (Å²) < 4.78 is 0. The van der Waals surface area contributed by atoms with E-state index in [2.05, 4.69) is 0 Å². The van der Waals surface area contributed by atoms with Crippen LogP contribution in [0, 0.1) is 18.3 Å². The Kier molecular flexibility index (Phi) is 3.84. The molecule has 0 saturated carbocycles. The third kappa shape index (κ3) is 2.60. The molecule has 1 aliphatic heterocycles. The Labute approximate surface area is 111 Å². The van der Waals surface area contributed by atoms with Crippen LogP contribution in [0.15, 0.2) is 18.2 Å². The number of likely N-dealkylation sites (tertiary alicyclic amines) is 1. The second-order valence-electron chi connectivity index (χ2n) is 4.82. The van der Waals surface area contributed by atoms with Crippen molar-refractivity contribution in [3.05, 3.63) is 34.9 Å². The van der Waals surface area contributed by atoms with E-state index in [0.717, 1.165) is 5.56 Å². The lowest BCUT2D eigenvalue weighted by Crippen LogP contribution is -2.38. The number of aryl methyl sites for hydroxylation is 1. The van der Waals surface area contributed by atoms with E-state index in [9.17, 15) is 15.0 Å². The van der Waals surface area contributed by atoms with Gasteiger partial charge >= 0.3 is 0 Å². The molecule has 1 heterocycles. The number of amides is 1. The van der Waals surface area contributed by atoms with Gasteiger partial charge in [-0.3, -0.25) is 4.79 Å². The van der Waals surface area contributed by atoms with Gasteiger partial charge in [0.15, 0.2) is 0 Å². The molecular formula is C14H16N2O3. The molecule has 1 amide bonds. The van der Waals surface area contributed by atoms with Crippen LogP contribution in [0.2, 0.25) is 0 Å². The second kappa shape index (κ2) is 5.39. The molecule has 1 aliphatic rings. The van der Waals surface area contributed by atoms with E-state index in [4.69, 9.17) is 5.26 Å². The van der Waals surface area contributed by atoms with Gasteiger partial charge in [-0.15, -0.1) is 0 Å². The van der Waals surface area contributed by atoms with Crippen molar-refractivity contribution >= 4 is 5.91 Å². The molecule has 0 radical (unpaired) electrons. The van der Waals surface area contributed by atoms with E-state index >= 15 is 0 Å². The van der Waals surface area contributed by atoms with E-state index in [1.165, 1.54) is 4.90 Å². The van der Waals surface area contributed by atoms with Crippen LogP contribution in [0.5, 0.6) is 0 Å². The standard InChI is InChI=1S/C14H16N2O3/c1-9-2-3-10(4-11(9)6-15)14(19)16-7-13(18)5-12(16)8-17/h2-4,12-13,17-18H,5,7-8H2,1H3/t12-,13+/m0/s1. The first-order chi connectivity index (χ1) is 9.06. The first kappa shape index (κ1) is 13.5. The van der Waals surface area contributed by atoms with Crippen molar-refractivity contribution in [2.24, 2.45) is 0 Å². The molecule has 5 heteroatoms. The van der Waals surface area contributed by atoms with Crippen molar-refractivity contribution in [3.63, 3.8) is 0 Å². The predicted molar refractivity (Wildman–Crippen MR) is 68.4 cm³/mol. The average Bonchev–Trinajstić information content (AvgIpc) is 2.79. The number of aliphatic hydroxyl groups excluding tert-OH is 2. The maximum atomic E-state index is 12.3. The lowest BCUT2D eigenvalue weighted by molar-refractivity contribution is 0.0665. The van der Waals surface area contributed by atoms with Gasteiger partial charge in [0.25, 0.3) is 5.91 Å². The maximum absolute atomic E-state index is 12.3. The third-order valence-corrected chi connectivity index (χ3v) is 3.47. The van der Waals surface area contributed by atoms with Crippen LogP contribution in [0.3, 0.4) is 0 Å². The van der Waals surface area contributed by atoms with Crippen LogP contribution in [0.1, 0.15) is 27.9 Å². The van der Waals surface area contributed by atoms with Crippen LogP contribution in [-0.2, 0) is 0 Å². The predicted octanol–water partition coefficient (Wildman–Crippen LogP) is 0.434. The summed E-state index contributed by atoms with van der Waals surface area (Å²) in [6.45, 7) is 1.86. The van der Waals surface area contributed by atoms with Gasteiger partial charge in [0.1, 0.15) is 0 Å². The fourth-order valence-corrected chi connectivity index (χ4v) is 2.36. The molecule has 0 bridgehead atoms. The smallest absolute Gasteiger partial charge is 0.254 e. The Balaban J connectivity index is 2.27. The Morgan fingerprint density at radius 1 is 1.58 bits per heavy atom. The zero-order valence-corrected chi connectivity index (χ0v) is 10.7. The zero-order valence-electron chi connectivity index (χ0n) is 10.7. The lowest BCUT2D eigenvalue weighted by atomic mass is 10.0. The highest BCUT2D eigenvalue weighted by atomic mass is 16.3. The first-order valence-corrected chi connectivity index (χ1v) is 6.17. The molecule has 0 aromatic heterocycles. The molecule has 19 heavy (non-hydrogen) atoms. The summed E-state index contributed by atoms with van der Waals surface area (Å²) in [5, 5.41) is 27.8. The second-order valence-corrected chi connectivity index (χ2v) is 4.82. The minimum absolute atomic E-state index is 0.167. The lowest BCUT2D eigenvalue weighted by Gasteiger charge is -2.22. The maximum Gasteiger partial charge on any atom is 0.254 e. The molecule has 1 saturated heterocycles. The first-order valence-electron chi connectivity index (χ1n) is 6.17. The summed E-state index contributed by atoms with van der Waals surface area (Å²) in [7, 11) is 0. The molecule has 2 rings (SSSR count). The van der Waals surface area contributed by atoms with Crippen LogP contribution >= 0.6 is 0 Å². The zero-order chi connectivity index (χ0) is 14.0. The number of carbonyl (C=O) groups is 1. The highest BCUT2D eigenvalue weighted by Gasteiger charge is 2.34. The van der Waals surface area contributed by atoms with Crippen LogP contribution in [-0.4, -0.2) is 46.3 Å². The topological polar surface area (TPSA) is 84.6 Å². The van der Waals surface area contributed by atoms with Crippen molar-refractivity contribution in [3.8, 4) is 6.07 Å². The minimum Gasteiger partial charge on any atom is -0.394 e. The van der Waals surface area contributed by atoms with E-state index in [0.29, 0.717) is 17.5 Å². The van der Waals surface area contributed by atoms with Gasteiger partial charge < -0.3 is 15.1 Å². The third-order valence-electron chi connectivity index (χ3n) is 3.47. The molecule has 1 aromatic carbocycles. The molecule has 5 nitrogen and oxygen atoms in total. The van der Waals surface area contributed by atoms with Crippen molar-refractivity contribution in [1.82, 2.24) is 4.90 Å². The number of benzene rings is 1. The number of hydrogen-bond donors (Lipinski definition) is 2. The molecule has 0 aliphatic carbocycles. The Morgan fingerprint density at radius 3 is 2.95 bits per heavy atom. The van der Waals surface area contributed by atoms with Gasteiger partial charge in [-0.05, 0) is 31.0 Å². The Morgan fingerprint density at radius 2 is 2.32 bits per heavy atom. The number of aliphatic hydroxyl groups is 2. The van der Waals surface area contributed by atoms with Gasteiger partial charge in [0.05, 0.1) is 30.4 Å². The molecule has 0 unspecified atom stereocenters. The summed E-state index contributed by atoms with van der Waals surface area (Å²) in [6.07, 6.45) is -0.207. The highest BCUT2D eigenvalue weighted by molar-refractivity contribution is 5.95. The number of hydrogen-bond acceptors (Lipinski definition) is 4. The number of β-amino-alcohol motifs (C(OH)–C–C–N with tert-alkyl or cyclic N) is 1. The SMILES string of the molecule is Cc1ccc(C(=O)N2C[C@H](O)C[C@H]2CO)cc1C#N. The Bertz CT molecular complexity index is 536. The quantitative estimate of drug-likeness (QED) is 0.807. The summed E-state index contributed by atoms with van der Waals surface area (Å²) in [4.78, 5) is 13.8. The van der Waals surface area contributed by atoms with Crippen molar-refractivity contribution in [2.45, 2.75) is 25.5 Å². The highest BCUT2D eigenvalue weighted by Crippen LogP contribution is 2.21. The van der Waals surface area contributed by atoms with E-state index in [-0.39, 0.29) is 25.1 Å². The van der Waals surface area contributed by atoms with Crippen LogP contribution in [0.25, 0.3) is 0 Å². The largest absolute Gasteiger partial charge is 0.394 e. The molecule has 100 valence electrons. The molecule has 2 atom stereocenters. The van der Waals surface area contributed by atoms with Gasteiger partial charge in [-0.25, -0.2) is 0 Å². The molecule has 0 spiro atoms. The van der Waals surface area contributed by atoms with Crippen molar-refractivity contribution in [2.75, 3.05) is 13.2 Å². The average molecular weight is 260 g/mol. The molecule has 2 N–H and O–H groups in total. The monoisotopic (exact) mass is 260 g/mol. The van der Waals surface area contributed by atoms with Crippen molar-refractivity contribution in [1.29, 1.82) is 5.26 Å². The number of nitrogens with zero attached hydrogens (tertiary/aromatic N) is 2. The van der Waals surface area contributed by atoms with Crippen LogP contribution < -0.4 is 0 Å². The normalized spacial score (nSPS) is 22.3. The van der Waals surface area contributed by atoms with Gasteiger partial charge in [0.2, 0.25) is 0 Å². The summed E-state index contributed by atoms with van der Waals surface area (Å²) in [6, 6.07) is 6.64.